The van der Waals surface area contributed by atoms with Crippen molar-refractivity contribution >= 4 is 17.3 Å². The average Bonchev–Trinajstić information content (AvgIpc) is 2.64. The van der Waals surface area contributed by atoms with Crippen molar-refractivity contribution in [3.63, 3.8) is 0 Å². The van der Waals surface area contributed by atoms with Crippen LogP contribution >= 0.6 is 0 Å². The molecule has 1 heterocycles. The zero-order valence-electron chi connectivity index (χ0n) is 14.1. The van der Waals surface area contributed by atoms with Gasteiger partial charge in [-0.25, -0.2) is 8.78 Å². The highest BCUT2D eigenvalue weighted by Gasteiger charge is 2.14. The number of halogens is 2. The van der Waals surface area contributed by atoms with Crippen molar-refractivity contribution in [1.29, 1.82) is 0 Å². The molecule has 6 heteroatoms. The van der Waals surface area contributed by atoms with Crippen LogP contribution in [0.1, 0.15) is 21.5 Å². The number of carbonyl (C=O) groups excluding carboxylic acids is 1. The minimum absolute atomic E-state index is 0.196. The van der Waals surface area contributed by atoms with Crippen molar-refractivity contribution in [3.05, 3.63) is 89.2 Å². The molecule has 0 saturated heterocycles. The number of rotatable bonds is 5. The molecular weight excluding hydrogens is 336 g/mol. The minimum atomic E-state index is -0.833. The van der Waals surface area contributed by atoms with Crippen molar-refractivity contribution in [2.45, 2.75) is 13.5 Å². The summed E-state index contributed by atoms with van der Waals surface area (Å²) in [6.07, 6.45) is 2.92. The van der Waals surface area contributed by atoms with Gasteiger partial charge in [-0.1, -0.05) is 35.9 Å². The van der Waals surface area contributed by atoms with Crippen LogP contribution in [-0.4, -0.2) is 10.9 Å². The highest BCUT2D eigenvalue weighted by molar-refractivity contribution is 6.04. The summed E-state index contributed by atoms with van der Waals surface area (Å²) in [5.41, 5.74) is 2.61. The quantitative estimate of drug-likeness (QED) is 0.708. The van der Waals surface area contributed by atoms with Gasteiger partial charge in [-0.05, 0) is 30.7 Å². The summed E-state index contributed by atoms with van der Waals surface area (Å²) >= 11 is 0. The zero-order chi connectivity index (χ0) is 18.5. The second kappa shape index (κ2) is 7.74. The molecular formula is C20H17F2N3O. The Morgan fingerprint density at radius 3 is 2.42 bits per heavy atom. The number of benzene rings is 2. The third-order valence-corrected chi connectivity index (χ3v) is 3.82. The molecule has 3 rings (SSSR count). The van der Waals surface area contributed by atoms with Gasteiger partial charge in [-0.15, -0.1) is 0 Å². The zero-order valence-corrected chi connectivity index (χ0v) is 14.1. The number of anilines is 2. The van der Waals surface area contributed by atoms with Crippen molar-refractivity contribution in [2.24, 2.45) is 0 Å². The molecule has 26 heavy (non-hydrogen) atoms. The fraction of sp³-hybridized carbons (Fsp3) is 0.100. The molecule has 2 N–H and O–H groups in total. The van der Waals surface area contributed by atoms with Gasteiger partial charge in [0.25, 0.3) is 5.91 Å². The van der Waals surface area contributed by atoms with Crippen LogP contribution in [0.4, 0.5) is 20.2 Å². The number of hydrogen-bond acceptors (Lipinski definition) is 3. The largest absolute Gasteiger partial charge is 0.380 e. The van der Waals surface area contributed by atoms with Gasteiger partial charge in [-0.3, -0.25) is 9.78 Å². The predicted molar refractivity (Wildman–Crippen MR) is 97.1 cm³/mol. The van der Waals surface area contributed by atoms with Gasteiger partial charge in [-0.2, -0.15) is 0 Å². The van der Waals surface area contributed by atoms with Crippen LogP contribution in [0.3, 0.4) is 0 Å². The number of carbonyl (C=O) groups is 1. The van der Waals surface area contributed by atoms with Crippen LogP contribution in [-0.2, 0) is 6.54 Å². The van der Waals surface area contributed by atoms with E-state index in [2.05, 4.69) is 15.6 Å². The van der Waals surface area contributed by atoms with E-state index in [4.69, 9.17) is 0 Å². The molecule has 0 spiro atoms. The van der Waals surface area contributed by atoms with E-state index in [9.17, 15) is 13.6 Å². The van der Waals surface area contributed by atoms with E-state index in [-0.39, 0.29) is 5.56 Å². The van der Waals surface area contributed by atoms with Gasteiger partial charge in [0.2, 0.25) is 0 Å². The number of amides is 1. The molecule has 0 unspecified atom stereocenters. The first-order valence-corrected chi connectivity index (χ1v) is 8.03. The molecule has 0 saturated carbocycles. The van der Waals surface area contributed by atoms with E-state index in [1.165, 1.54) is 17.8 Å². The molecule has 1 amide bonds. The number of nitrogens with one attached hydrogen (secondary N) is 2. The standard InChI is InChI=1S/C20H17F2N3O/c1-13-5-7-14(8-6-13)10-24-16-9-15(11-23-12-16)20(26)25-19-17(21)3-2-4-18(19)22/h2-9,11-12,24H,10H2,1H3,(H,25,26). The van der Waals surface area contributed by atoms with Crippen LogP contribution in [0.5, 0.6) is 0 Å². The summed E-state index contributed by atoms with van der Waals surface area (Å²) in [5.74, 6) is -2.31. The van der Waals surface area contributed by atoms with E-state index < -0.39 is 23.2 Å². The Hall–Kier alpha value is -3.28. The van der Waals surface area contributed by atoms with Crippen LogP contribution in [0.15, 0.2) is 60.9 Å². The van der Waals surface area contributed by atoms with Crippen molar-refractivity contribution in [1.82, 2.24) is 4.98 Å². The van der Waals surface area contributed by atoms with Crippen LogP contribution in [0.25, 0.3) is 0 Å². The van der Waals surface area contributed by atoms with Gasteiger partial charge in [0.15, 0.2) is 0 Å². The predicted octanol–water partition coefficient (Wildman–Crippen LogP) is 4.53. The maximum atomic E-state index is 13.7. The number of para-hydroxylation sites is 1. The molecule has 1 aromatic heterocycles. The molecule has 0 aliphatic heterocycles. The normalized spacial score (nSPS) is 10.4. The molecule has 0 aliphatic carbocycles. The highest BCUT2D eigenvalue weighted by atomic mass is 19.1. The second-order valence-electron chi connectivity index (χ2n) is 5.85. The van der Waals surface area contributed by atoms with Crippen LogP contribution < -0.4 is 10.6 Å². The summed E-state index contributed by atoms with van der Waals surface area (Å²) in [6.45, 7) is 2.58. The Morgan fingerprint density at radius 2 is 1.73 bits per heavy atom. The van der Waals surface area contributed by atoms with Gasteiger partial charge < -0.3 is 10.6 Å². The Balaban J connectivity index is 1.70. The summed E-state index contributed by atoms with van der Waals surface area (Å²) in [5, 5.41) is 5.42. The van der Waals surface area contributed by atoms with E-state index in [0.717, 1.165) is 17.7 Å². The van der Waals surface area contributed by atoms with Crippen molar-refractivity contribution < 1.29 is 13.6 Å². The Bertz CT molecular complexity index is 906. The Labute approximate surface area is 149 Å². The van der Waals surface area contributed by atoms with Gasteiger partial charge in [0.1, 0.15) is 17.3 Å². The van der Waals surface area contributed by atoms with Gasteiger partial charge >= 0.3 is 0 Å². The number of pyridine rings is 1. The first-order chi connectivity index (χ1) is 12.5. The Kier molecular flexibility index (Phi) is 5.22. The van der Waals surface area contributed by atoms with Crippen molar-refractivity contribution in [2.75, 3.05) is 10.6 Å². The lowest BCUT2D eigenvalue weighted by Gasteiger charge is -2.10. The third kappa shape index (κ3) is 4.22. The molecule has 3 aromatic rings. The average molecular weight is 353 g/mol. The summed E-state index contributed by atoms with van der Waals surface area (Å²) in [7, 11) is 0. The lowest BCUT2D eigenvalue weighted by Crippen LogP contribution is -2.15. The monoisotopic (exact) mass is 353 g/mol. The molecule has 0 aliphatic rings. The second-order valence-corrected chi connectivity index (χ2v) is 5.85. The van der Waals surface area contributed by atoms with Gasteiger partial charge in [0.05, 0.1) is 11.3 Å². The fourth-order valence-electron chi connectivity index (χ4n) is 2.37. The topological polar surface area (TPSA) is 54.0 Å². The summed E-state index contributed by atoms with van der Waals surface area (Å²) < 4.78 is 27.3. The first kappa shape index (κ1) is 17.5. The lowest BCUT2D eigenvalue weighted by atomic mass is 10.1. The summed E-state index contributed by atoms with van der Waals surface area (Å²) in [6, 6.07) is 13.0. The number of hydrogen-bond donors (Lipinski definition) is 2. The maximum Gasteiger partial charge on any atom is 0.257 e. The highest BCUT2D eigenvalue weighted by Crippen LogP contribution is 2.19. The first-order valence-electron chi connectivity index (χ1n) is 8.03. The molecule has 4 nitrogen and oxygen atoms in total. The van der Waals surface area contributed by atoms with E-state index in [1.54, 1.807) is 12.3 Å². The Morgan fingerprint density at radius 1 is 1.04 bits per heavy atom. The van der Waals surface area contributed by atoms with E-state index in [0.29, 0.717) is 12.2 Å². The van der Waals surface area contributed by atoms with Crippen LogP contribution in [0, 0.1) is 18.6 Å². The minimum Gasteiger partial charge on any atom is -0.380 e. The van der Waals surface area contributed by atoms with Crippen molar-refractivity contribution in [3.8, 4) is 0 Å². The molecule has 132 valence electrons. The van der Waals surface area contributed by atoms with E-state index >= 15 is 0 Å². The number of nitrogens with zero attached hydrogens (tertiary/aromatic N) is 1. The molecule has 2 aromatic carbocycles. The number of aromatic nitrogens is 1. The fourth-order valence-corrected chi connectivity index (χ4v) is 2.37. The molecule has 0 fully saturated rings. The van der Waals surface area contributed by atoms with E-state index in [1.807, 2.05) is 31.2 Å². The van der Waals surface area contributed by atoms with Gasteiger partial charge in [0, 0.05) is 18.9 Å². The maximum absolute atomic E-state index is 13.7. The summed E-state index contributed by atoms with van der Waals surface area (Å²) in [4.78, 5) is 16.3. The molecule has 0 radical (unpaired) electrons. The smallest absolute Gasteiger partial charge is 0.257 e. The lowest BCUT2D eigenvalue weighted by molar-refractivity contribution is 0.102. The van der Waals surface area contributed by atoms with Crippen LogP contribution in [0.2, 0.25) is 0 Å². The molecule has 0 atom stereocenters. The molecule has 0 bridgehead atoms. The SMILES string of the molecule is Cc1ccc(CNc2cncc(C(=O)Nc3c(F)cccc3F)c2)cc1. The number of aryl methyl sites for hydroxylation is 1. The third-order valence-electron chi connectivity index (χ3n) is 3.82.